The van der Waals surface area contributed by atoms with Crippen LogP contribution in [0.25, 0.3) is 0 Å². The van der Waals surface area contributed by atoms with Crippen LogP contribution in [0.4, 0.5) is 17.6 Å². The lowest BCUT2D eigenvalue weighted by atomic mass is 10.1. The summed E-state index contributed by atoms with van der Waals surface area (Å²) in [5.41, 5.74) is -3.22. The van der Waals surface area contributed by atoms with Crippen LogP contribution in [0.3, 0.4) is 0 Å². The zero-order valence-electron chi connectivity index (χ0n) is 15.6. The third kappa shape index (κ3) is 5.32. The van der Waals surface area contributed by atoms with E-state index in [9.17, 15) is 27.2 Å². The lowest BCUT2D eigenvalue weighted by Gasteiger charge is -2.31. The highest BCUT2D eigenvalue weighted by Crippen LogP contribution is 2.27. The zero-order valence-corrected chi connectivity index (χ0v) is 15.6. The number of quaternary nitrogens is 1. The smallest absolute Gasteiger partial charge is 0.460 e. The van der Waals surface area contributed by atoms with Gasteiger partial charge >= 0.3 is 17.8 Å². The number of esters is 1. The maximum Gasteiger partial charge on any atom is 0.478 e. The quantitative estimate of drug-likeness (QED) is 0.396. The summed E-state index contributed by atoms with van der Waals surface area (Å²) in [7, 11) is 0. The fourth-order valence-corrected chi connectivity index (χ4v) is 2.72. The van der Waals surface area contributed by atoms with Gasteiger partial charge in [0.2, 0.25) is 0 Å². The minimum atomic E-state index is -5.17. The van der Waals surface area contributed by atoms with Gasteiger partial charge in [0.05, 0.1) is 13.2 Å². The maximum atomic E-state index is 14.0. The number of ether oxygens (including phenoxy) is 1. The molecule has 0 aliphatic heterocycles. The van der Waals surface area contributed by atoms with E-state index in [1.807, 2.05) is 0 Å². The summed E-state index contributed by atoms with van der Waals surface area (Å²) in [5.74, 6) is -3.30. The van der Waals surface area contributed by atoms with Crippen molar-refractivity contribution < 1.29 is 37.2 Å². The van der Waals surface area contributed by atoms with Gasteiger partial charge in [0, 0.05) is 12.0 Å². The Balaban J connectivity index is 2.31. The molecular formula is C20H21F4N2O3+. The van der Waals surface area contributed by atoms with Crippen molar-refractivity contribution in [1.29, 1.82) is 0 Å². The highest BCUT2D eigenvalue weighted by Gasteiger charge is 2.67. The van der Waals surface area contributed by atoms with Crippen molar-refractivity contribution >= 4 is 11.9 Å². The van der Waals surface area contributed by atoms with Crippen LogP contribution in [0.15, 0.2) is 54.6 Å². The summed E-state index contributed by atoms with van der Waals surface area (Å²) in [4.78, 5) is 24.7. The SMILES string of the molecule is CCOC(=O)[C@](NC(=O)c1ccccc1)([NH2+]CCc1ccccc1F)C(F)(F)F. The highest BCUT2D eigenvalue weighted by molar-refractivity contribution is 5.97. The number of hydrogen-bond acceptors (Lipinski definition) is 3. The number of nitrogens with two attached hydrogens (primary N) is 1. The number of hydrogen-bond donors (Lipinski definition) is 2. The van der Waals surface area contributed by atoms with Gasteiger partial charge < -0.3 is 10.1 Å². The van der Waals surface area contributed by atoms with Gasteiger partial charge in [0.15, 0.2) is 0 Å². The van der Waals surface area contributed by atoms with E-state index < -0.39 is 29.5 Å². The molecule has 0 aromatic heterocycles. The minimum Gasteiger partial charge on any atom is -0.460 e. The second-order valence-electron chi connectivity index (χ2n) is 6.18. The van der Waals surface area contributed by atoms with Gasteiger partial charge in [-0.05, 0) is 30.7 Å². The number of carbonyl (C=O) groups is 2. The van der Waals surface area contributed by atoms with Gasteiger partial charge in [0.25, 0.3) is 5.91 Å². The zero-order chi connectivity index (χ0) is 21.5. The van der Waals surface area contributed by atoms with E-state index >= 15 is 0 Å². The number of halogens is 4. The third-order valence-corrected chi connectivity index (χ3v) is 4.21. The molecule has 1 atom stereocenters. The Morgan fingerprint density at radius 3 is 2.24 bits per heavy atom. The van der Waals surface area contributed by atoms with E-state index in [1.165, 1.54) is 49.4 Å². The number of nitrogens with one attached hydrogen (secondary N) is 1. The Kier molecular flexibility index (Phi) is 7.33. The number of benzene rings is 2. The molecular weight excluding hydrogens is 392 g/mol. The van der Waals surface area contributed by atoms with E-state index in [1.54, 1.807) is 17.4 Å². The first kappa shape index (κ1) is 22.4. The van der Waals surface area contributed by atoms with Crippen LogP contribution >= 0.6 is 0 Å². The van der Waals surface area contributed by atoms with Crippen LogP contribution in [0.5, 0.6) is 0 Å². The molecule has 5 nitrogen and oxygen atoms in total. The lowest BCUT2D eigenvalue weighted by Crippen LogP contribution is -3.07. The Morgan fingerprint density at radius 1 is 1.03 bits per heavy atom. The van der Waals surface area contributed by atoms with Crippen molar-refractivity contribution in [3.8, 4) is 0 Å². The van der Waals surface area contributed by atoms with Crippen LogP contribution in [0.1, 0.15) is 22.8 Å². The van der Waals surface area contributed by atoms with E-state index in [0.29, 0.717) is 5.32 Å². The van der Waals surface area contributed by atoms with E-state index in [4.69, 9.17) is 0 Å². The predicted octanol–water partition coefficient (Wildman–Crippen LogP) is 2.18. The second-order valence-corrected chi connectivity index (χ2v) is 6.18. The summed E-state index contributed by atoms with van der Waals surface area (Å²) in [6.45, 7) is 0.727. The summed E-state index contributed by atoms with van der Waals surface area (Å²) < 4.78 is 60.4. The average molecular weight is 413 g/mol. The van der Waals surface area contributed by atoms with Gasteiger partial charge in [-0.2, -0.15) is 13.2 Å². The molecule has 29 heavy (non-hydrogen) atoms. The molecule has 9 heteroatoms. The van der Waals surface area contributed by atoms with Crippen LogP contribution in [0, 0.1) is 5.82 Å². The van der Waals surface area contributed by atoms with Gasteiger partial charge in [-0.3, -0.25) is 10.1 Å². The van der Waals surface area contributed by atoms with Crippen molar-refractivity contribution in [3.05, 3.63) is 71.5 Å². The summed E-state index contributed by atoms with van der Waals surface area (Å²) in [5, 5.41) is 2.41. The molecule has 0 heterocycles. The Labute approximate surface area is 165 Å². The lowest BCUT2D eigenvalue weighted by molar-refractivity contribution is -0.743. The van der Waals surface area contributed by atoms with E-state index in [2.05, 4.69) is 4.74 Å². The monoisotopic (exact) mass is 413 g/mol. The van der Waals surface area contributed by atoms with Gasteiger partial charge in [-0.25, -0.2) is 9.18 Å². The van der Waals surface area contributed by atoms with Crippen molar-refractivity contribution in [2.24, 2.45) is 0 Å². The molecule has 2 aromatic rings. The molecule has 0 saturated carbocycles. The Hall–Kier alpha value is -2.94. The van der Waals surface area contributed by atoms with Crippen LogP contribution in [-0.2, 0) is 16.0 Å². The molecule has 0 bridgehead atoms. The van der Waals surface area contributed by atoms with E-state index in [-0.39, 0.29) is 30.7 Å². The largest absolute Gasteiger partial charge is 0.478 e. The maximum absolute atomic E-state index is 14.0. The van der Waals surface area contributed by atoms with Crippen molar-refractivity contribution in [2.45, 2.75) is 25.2 Å². The van der Waals surface area contributed by atoms with Crippen molar-refractivity contribution in [1.82, 2.24) is 5.32 Å². The molecule has 0 spiro atoms. The molecule has 156 valence electrons. The number of rotatable bonds is 8. The molecule has 0 fully saturated rings. The molecule has 3 N–H and O–H groups in total. The molecule has 0 unspecified atom stereocenters. The number of alkyl halides is 3. The molecule has 0 radical (unpaired) electrons. The molecule has 0 aliphatic carbocycles. The normalized spacial score (nSPS) is 13.4. The van der Waals surface area contributed by atoms with Crippen LogP contribution in [-0.4, -0.2) is 36.9 Å². The predicted molar refractivity (Wildman–Crippen MR) is 96.2 cm³/mol. The highest BCUT2D eigenvalue weighted by atomic mass is 19.4. The van der Waals surface area contributed by atoms with E-state index in [0.717, 1.165) is 0 Å². The standard InChI is InChI=1S/C20H20F4N2O3/c1-2-29-18(28)19(20(22,23)24,26-17(27)15-9-4-3-5-10-15)25-13-12-14-8-6-7-11-16(14)21/h3-11,25H,2,12-13H2,1H3,(H,26,27)/p+1/t19-/m1/s1. The van der Waals surface area contributed by atoms with Gasteiger partial charge in [-0.1, -0.05) is 36.4 Å². The molecule has 0 saturated heterocycles. The molecule has 1 amide bonds. The van der Waals surface area contributed by atoms with Crippen molar-refractivity contribution in [2.75, 3.05) is 13.2 Å². The fraction of sp³-hybridized carbons (Fsp3) is 0.300. The summed E-state index contributed by atoms with van der Waals surface area (Å²) in [6, 6.07) is 12.8. The van der Waals surface area contributed by atoms with Crippen LogP contribution in [0.2, 0.25) is 0 Å². The number of carbonyl (C=O) groups excluding carboxylic acids is 2. The summed E-state index contributed by atoms with van der Waals surface area (Å²) in [6.07, 6.45) is -5.26. The second kappa shape index (κ2) is 9.51. The Morgan fingerprint density at radius 2 is 1.66 bits per heavy atom. The van der Waals surface area contributed by atoms with Gasteiger partial charge in [0.1, 0.15) is 5.82 Å². The van der Waals surface area contributed by atoms with Crippen molar-refractivity contribution in [3.63, 3.8) is 0 Å². The fourth-order valence-electron chi connectivity index (χ4n) is 2.72. The third-order valence-electron chi connectivity index (χ3n) is 4.21. The topological polar surface area (TPSA) is 72.0 Å². The molecule has 0 aliphatic rings. The molecule has 2 rings (SSSR count). The van der Waals surface area contributed by atoms with Crippen LogP contribution < -0.4 is 10.6 Å². The first-order valence-electron chi connectivity index (χ1n) is 8.90. The molecule has 2 aromatic carbocycles. The minimum absolute atomic E-state index is 0.0482. The number of amides is 1. The van der Waals surface area contributed by atoms with Gasteiger partial charge in [-0.15, -0.1) is 0 Å². The first-order chi connectivity index (χ1) is 13.7. The Bertz CT molecular complexity index is 843. The first-order valence-corrected chi connectivity index (χ1v) is 8.90. The average Bonchev–Trinajstić information content (AvgIpc) is 2.68. The summed E-state index contributed by atoms with van der Waals surface area (Å²) >= 11 is 0.